The van der Waals surface area contributed by atoms with Gasteiger partial charge in [-0.25, -0.2) is 4.79 Å². The topological polar surface area (TPSA) is 94.2 Å². The van der Waals surface area contributed by atoms with Crippen molar-refractivity contribution in [2.45, 2.75) is 239 Å². The zero-order chi connectivity index (χ0) is 51.4. The predicted octanol–water partition coefficient (Wildman–Crippen LogP) is 14.1. The lowest BCUT2D eigenvalue weighted by molar-refractivity contribution is -0.127. The van der Waals surface area contributed by atoms with E-state index in [0.717, 1.165) is 96.4 Å². The first kappa shape index (κ1) is 64.1. The van der Waals surface area contributed by atoms with Gasteiger partial charge in [0.1, 0.15) is 5.60 Å². The van der Waals surface area contributed by atoms with Crippen molar-refractivity contribution in [3.05, 3.63) is 0 Å². The number of ether oxygens (including phenoxy) is 1. The molecule has 68 heavy (non-hydrogen) atoms. The first-order valence-corrected chi connectivity index (χ1v) is 29.0. The van der Waals surface area contributed by atoms with Crippen LogP contribution >= 0.6 is 0 Å². The number of nitrogens with zero attached hydrogens (tertiary/aromatic N) is 3. The van der Waals surface area contributed by atoms with E-state index in [2.05, 4.69) is 117 Å². The number of hydrogen-bond acceptors (Lipinski definition) is 6. The Labute approximate surface area is 423 Å². The van der Waals surface area contributed by atoms with E-state index in [-0.39, 0.29) is 35.7 Å². The fourth-order valence-corrected chi connectivity index (χ4v) is 11.2. The summed E-state index contributed by atoms with van der Waals surface area (Å²) in [6.45, 7) is 45.6. The summed E-state index contributed by atoms with van der Waals surface area (Å²) in [6.07, 6.45) is 19.3. The first-order valence-electron chi connectivity index (χ1n) is 29.0. The Morgan fingerprint density at radius 3 is 1.56 bits per heavy atom. The molecule has 9 heteroatoms. The molecule has 1 rings (SSSR count). The van der Waals surface area contributed by atoms with Gasteiger partial charge in [-0.05, 0) is 139 Å². The molecule has 0 bridgehead atoms. The SMILES string of the molecule is CCCCC(C)CCC(CCC(C)CC)C(=O)NCC(C)CN(CC(C)CNC(=O)C(CCC(C)CC(C)CCC)C(C)CC(C)CCC)CC(C)CC(C)N1CCN(C(=O)OC(C)(C)C)CC1. The van der Waals surface area contributed by atoms with Crippen molar-refractivity contribution >= 4 is 17.9 Å². The third kappa shape index (κ3) is 28.8. The number of piperazine rings is 1. The van der Waals surface area contributed by atoms with Gasteiger partial charge < -0.3 is 25.2 Å². The standard InChI is InChI=1S/C59H117N5O4/c1-18-22-25-45(6)27-30-54(29-26-44(5)21-4)56(65)60-39-50(11)42-62(41-49(10)38-53(14)63-32-34-64(35-33-63)58(67)68-59(15,16)17)43-51(12)40-61-57(66)55(52(13)37-47(8)24-20-3)31-28-48(9)36-46(7)23-19-2/h44-55H,18-43H2,1-17H3,(H,60,65)(H,61,66). The Hall–Kier alpha value is -1.87. The van der Waals surface area contributed by atoms with E-state index in [1.54, 1.807) is 0 Å². The quantitative estimate of drug-likeness (QED) is 0.0644. The second kappa shape index (κ2) is 35.3. The summed E-state index contributed by atoms with van der Waals surface area (Å²) in [4.78, 5) is 47.9. The highest BCUT2D eigenvalue weighted by molar-refractivity contribution is 5.79. The van der Waals surface area contributed by atoms with Gasteiger partial charge >= 0.3 is 6.09 Å². The van der Waals surface area contributed by atoms with E-state index < -0.39 is 5.60 Å². The highest BCUT2D eigenvalue weighted by Crippen LogP contribution is 2.30. The normalized spacial score (nSPS) is 19.2. The lowest BCUT2D eigenvalue weighted by Crippen LogP contribution is -2.52. The van der Waals surface area contributed by atoms with Gasteiger partial charge in [-0.2, -0.15) is 0 Å². The minimum atomic E-state index is -0.490. The molecule has 2 N–H and O–H groups in total. The van der Waals surface area contributed by atoms with Crippen molar-refractivity contribution in [2.24, 2.45) is 65.1 Å². The molecule has 0 radical (unpaired) electrons. The zero-order valence-electron chi connectivity index (χ0n) is 48.3. The van der Waals surface area contributed by atoms with Gasteiger partial charge in [0.2, 0.25) is 11.8 Å². The molecule has 0 aliphatic carbocycles. The average Bonchev–Trinajstić information content (AvgIpc) is 3.26. The molecule has 1 heterocycles. The van der Waals surface area contributed by atoms with Crippen LogP contribution in [0.1, 0.15) is 227 Å². The second-order valence-electron chi connectivity index (χ2n) is 24.8. The first-order chi connectivity index (χ1) is 32.0. The Morgan fingerprint density at radius 2 is 1.03 bits per heavy atom. The van der Waals surface area contributed by atoms with Crippen molar-refractivity contribution in [1.29, 1.82) is 0 Å². The molecular weight excluding hydrogens is 843 g/mol. The van der Waals surface area contributed by atoms with E-state index in [9.17, 15) is 14.4 Å². The third-order valence-electron chi connectivity index (χ3n) is 15.6. The smallest absolute Gasteiger partial charge is 0.410 e. The Bertz CT molecular complexity index is 1310. The zero-order valence-corrected chi connectivity index (χ0v) is 48.3. The van der Waals surface area contributed by atoms with Crippen molar-refractivity contribution in [3.8, 4) is 0 Å². The molecule has 12 atom stereocenters. The molecule has 402 valence electrons. The summed E-state index contributed by atoms with van der Waals surface area (Å²) in [5, 5.41) is 6.96. The molecule has 1 saturated heterocycles. The maximum absolute atomic E-state index is 14.2. The Kier molecular flexibility index (Phi) is 33.3. The maximum Gasteiger partial charge on any atom is 0.410 e. The molecule has 0 aromatic rings. The van der Waals surface area contributed by atoms with Crippen LogP contribution in [0.5, 0.6) is 0 Å². The second-order valence-corrected chi connectivity index (χ2v) is 24.8. The minimum Gasteiger partial charge on any atom is -0.444 e. The third-order valence-corrected chi connectivity index (χ3v) is 15.6. The van der Waals surface area contributed by atoms with Gasteiger partial charge in [0.05, 0.1) is 0 Å². The molecule has 3 amide bonds. The average molecular weight is 961 g/mol. The van der Waals surface area contributed by atoms with Crippen LogP contribution in [0.25, 0.3) is 0 Å². The van der Waals surface area contributed by atoms with Crippen LogP contribution in [0.2, 0.25) is 0 Å². The van der Waals surface area contributed by atoms with Crippen LogP contribution in [0.4, 0.5) is 4.79 Å². The van der Waals surface area contributed by atoms with Crippen LogP contribution in [-0.2, 0) is 14.3 Å². The summed E-state index contributed by atoms with van der Waals surface area (Å²) in [7, 11) is 0. The molecule has 0 aromatic carbocycles. The molecule has 9 nitrogen and oxygen atoms in total. The summed E-state index contributed by atoms with van der Waals surface area (Å²) < 4.78 is 5.67. The van der Waals surface area contributed by atoms with Crippen molar-refractivity contribution < 1.29 is 19.1 Å². The number of carbonyl (C=O) groups is 3. The van der Waals surface area contributed by atoms with Gasteiger partial charge in [-0.3, -0.25) is 14.5 Å². The highest BCUT2D eigenvalue weighted by Gasteiger charge is 2.30. The van der Waals surface area contributed by atoms with Crippen molar-refractivity contribution in [1.82, 2.24) is 25.3 Å². The summed E-state index contributed by atoms with van der Waals surface area (Å²) >= 11 is 0. The lowest BCUT2D eigenvalue weighted by Gasteiger charge is -2.39. The van der Waals surface area contributed by atoms with Gasteiger partial charge in [-0.15, -0.1) is 0 Å². The van der Waals surface area contributed by atoms with Crippen LogP contribution in [0.3, 0.4) is 0 Å². The van der Waals surface area contributed by atoms with E-state index >= 15 is 0 Å². The van der Waals surface area contributed by atoms with Gasteiger partial charge in [0, 0.05) is 76.8 Å². The van der Waals surface area contributed by atoms with Gasteiger partial charge in [0.15, 0.2) is 0 Å². The summed E-state index contributed by atoms with van der Waals surface area (Å²) in [6, 6.07) is 0.398. The summed E-state index contributed by atoms with van der Waals surface area (Å²) in [5.74, 6) is 5.34. The van der Waals surface area contributed by atoms with Crippen molar-refractivity contribution in [3.63, 3.8) is 0 Å². The Morgan fingerprint density at radius 1 is 0.529 bits per heavy atom. The lowest BCUT2D eigenvalue weighted by atomic mass is 9.79. The number of rotatable bonds is 37. The molecule has 1 aliphatic rings. The van der Waals surface area contributed by atoms with Gasteiger partial charge in [-0.1, -0.05) is 141 Å². The monoisotopic (exact) mass is 960 g/mol. The van der Waals surface area contributed by atoms with Crippen LogP contribution in [0.15, 0.2) is 0 Å². The molecule has 0 aromatic heterocycles. The molecule has 1 fully saturated rings. The maximum atomic E-state index is 14.2. The highest BCUT2D eigenvalue weighted by atomic mass is 16.6. The van der Waals surface area contributed by atoms with E-state index in [4.69, 9.17) is 4.74 Å². The van der Waals surface area contributed by atoms with Gasteiger partial charge in [0.25, 0.3) is 0 Å². The van der Waals surface area contributed by atoms with Crippen molar-refractivity contribution in [2.75, 3.05) is 58.9 Å². The fraction of sp³-hybridized carbons (Fsp3) is 0.949. The van der Waals surface area contributed by atoms with Crippen LogP contribution in [-0.4, -0.2) is 103 Å². The Balaban J connectivity index is 3.14. The van der Waals surface area contributed by atoms with Crippen LogP contribution in [0, 0.1) is 65.1 Å². The van der Waals surface area contributed by atoms with E-state index in [1.165, 1.54) is 51.4 Å². The number of amides is 3. The molecule has 0 saturated carbocycles. The number of hydrogen-bond donors (Lipinski definition) is 2. The number of unbranched alkanes of at least 4 members (excludes halogenated alkanes) is 1. The summed E-state index contributed by atoms with van der Waals surface area (Å²) in [5.41, 5.74) is -0.490. The minimum absolute atomic E-state index is 0.0475. The van der Waals surface area contributed by atoms with E-state index in [0.29, 0.717) is 73.6 Å². The molecule has 12 unspecified atom stereocenters. The van der Waals surface area contributed by atoms with Crippen LogP contribution < -0.4 is 10.6 Å². The predicted molar refractivity (Wildman–Crippen MR) is 292 cm³/mol. The number of nitrogens with one attached hydrogen (secondary N) is 2. The fourth-order valence-electron chi connectivity index (χ4n) is 11.2. The number of carbonyl (C=O) groups excluding carboxylic acids is 3. The molecular formula is C59H117N5O4. The molecule has 0 spiro atoms. The molecule has 1 aliphatic heterocycles. The van der Waals surface area contributed by atoms with E-state index in [1.807, 2.05) is 25.7 Å². The largest absolute Gasteiger partial charge is 0.444 e.